The summed E-state index contributed by atoms with van der Waals surface area (Å²) in [7, 11) is 0. The second-order valence-electron chi connectivity index (χ2n) is 6.98. The first kappa shape index (κ1) is 19.4. The fraction of sp³-hybridized carbons (Fsp3) is 0.125. The molecule has 0 aliphatic carbocycles. The predicted molar refractivity (Wildman–Crippen MR) is 121 cm³/mol. The molecule has 0 bridgehead atoms. The highest BCUT2D eigenvalue weighted by molar-refractivity contribution is 7.98. The molecular formula is C24H20N4O2S. The Morgan fingerprint density at radius 1 is 0.935 bits per heavy atom. The van der Waals surface area contributed by atoms with Gasteiger partial charge in [0.1, 0.15) is 12.4 Å². The monoisotopic (exact) mass is 428 g/mol. The van der Waals surface area contributed by atoms with E-state index in [2.05, 4.69) is 20.5 Å². The van der Waals surface area contributed by atoms with Gasteiger partial charge in [0.05, 0.1) is 0 Å². The van der Waals surface area contributed by atoms with E-state index in [-0.39, 0.29) is 0 Å². The van der Waals surface area contributed by atoms with Crippen LogP contribution in [0.1, 0.15) is 17.4 Å². The van der Waals surface area contributed by atoms with Crippen molar-refractivity contribution in [2.24, 2.45) is 0 Å². The molecule has 154 valence electrons. The van der Waals surface area contributed by atoms with E-state index in [0.29, 0.717) is 23.3 Å². The van der Waals surface area contributed by atoms with Crippen molar-refractivity contribution in [1.29, 1.82) is 0 Å². The third-order valence-corrected chi connectivity index (χ3v) is 5.49. The molecule has 31 heavy (non-hydrogen) atoms. The molecule has 2 heterocycles. The molecule has 1 aliphatic rings. The summed E-state index contributed by atoms with van der Waals surface area (Å²) in [5.41, 5.74) is 4.55. The lowest BCUT2D eigenvalue weighted by atomic mass is 10.1. The van der Waals surface area contributed by atoms with Gasteiger partial charge in [0.15, 0.2) is 11.9 Å². The Balaban J connectivity index is 1.41. The van der Waals surface area contributed by atoms with Gasteiger partial charge in [0, 0.05) is 16.8 Å². The Hall–Kier alpha value is -3.58. The fourth-order valence-corrected chi connectivity index (χ4v) is 3.66. The quantitative estimate of drug-likeness (QED) is 0.430. The van der Waals surface area contributed by atoms with Crippen LogP contribution in [-0.2, 0) is 6.61 Å². The average molecular weight is 429 g/mol. The topological polar surface area (TPSA) is 69.2 Å². The predicted octanol–water partition coefficient (Wildman–Crippen LogP) is 5.34. The lowest BCUT2D eigenvalue weighted by Gasteiger charge is -2.19. The van der Waals surface area contributed by atoms with Crippen molar-refractivity contribution in [2.45, 2.75) is 18.0 Å². The van der Waals surface area contributed by atoms with Crippen LogP contribution in [0.4, 0.5) is 5.69 Å². The van der Waals surface area contributed by atoms with Crippen molar-refractivity contribution in [3.8, 4) is 22.9 Å². The van der Waals surface area contributed by atoms with Crippen molar-refractivity contribution < 1.29 is 9.47 Å². The van der Waals surface area contributed by atoms with Gasteiger partial charge in [-0.05, 0) is 42.2 Å². The number of fused-ring (bicyclic) bond motifs is 3. The first-order chi connectivity index (χ1) is 15.3. The molecule has 1 aromatic heterocycles. The van der Waals surface area contributed by atoms with Gasteiger partial charge >= 0.3 is 0 Å². The standard InChI is InChI=1S/C24H20N4O2S/c1-31-24-26-23-21(27-28-24)19-9-5-6-10-20(19)25-22(30-23)17-11-13-18(14-12-17)29-15-16-7-3-2-4-8-16/h2-14,22,25H,15H2,1H3/t22-/m0/s1. The van der Waals surface area contributed by atoms with Gasteiger partial charge in [-0.1, -0.05) is 60.3 Å². The molecule has 0 saturated carbocycles. The van der Waals surface area contributed by atoms with Crippen molar-refractivity contribution in [3.05, 3.63) is 90.0 Å². The normalized spacial score (nSPS) is 14.4. The van der Waals surface area contributed by atoms with Gasteiger partial charge in [-0.2, -0.15) is 4.98 Å². The minimum atomic E-state index is -0.419. The Morgan fingerprint density at radius 2 is 1.71 bits per heavy atom. The number of nitrogens with zero attached hydrogens (tertiary/aromatic N) is 3. The second kappa shape index (κ2) is 8.65. The summed E-state index contributed by atoms with van der Waals surface area (Å²) in [5.74, 6) is 1.27. The van der Waals surface area contributed by atoms with Crippen LogP contribution in [-0.4, -0.2) is 21.4 Å². The van der Waals surface area contributed by atoms with Gasteiger partial charge in [-0.15, -0.1) is 10.2 Å². The van der Waals surface area contributed by atoms with E-state index in [4.69, 9.17) is 9.47 Å². The van der Waals surface area contributed by atoms with Crippen LogP contribution in [0.5, 0.6) is 11.6 Å². The molecule has 0 fully saturated rings. The molecule has 0 amide bonds. The molecule has 0 radical (unpaired) electrons. The number of aromatic nitrogens is 3. The van der Waals surface area contributed by atoms with Gasteiger partial charge in [0.2, 0.25) is 11.0 Å². The molecule has 0 spiro atoms. The van der Waals surface area contributed by atoms with Crippen LogP contribution in [0.25, 0.3) is 11.3 Å². The number of anilines is 1. The summed E-state index contributed by atoms with van der Waals surface area (Å²) in [6.07, 6.45) is 1.50. The Bertz CT molecular complexity index is 1190. The van der Waals surface area contributed by atoms with Crippen molar-refractivity contribution >= 4 is 17.4 Å². The van der Waals surface area contributed by atoms with Crippen molar-refractivity contribution in [2.75, 3.05) is 11.6 Å². The number of nitrogens with one attached hydrogen (secondary N) is 1. The van der Waals surface area contributed by atoms with E-state index in [0.717, 1.165) is 28.1 Å². The molecule has 7 heteroatoms. The fourth-order valence-electron chi connectivity index (χ4n) is 3.36. The molecule has 1 atom stereocenters. The SMILES string of the molecule is CSc1nnc2c(n1)O[C@@H](c1ccc(OCc3ccccc3)cc1)Nc1ccccc1-2. The van der Waals surface area contributed by atoms with Crippen LogP contribution < -0.4 is 14.8 Å². The molecule has 0 unspecified atom stereocenters. The highest BCUT2D eigenvalue weighted by atomic mass is 32.2. The average Bonchev–Trinajstić information content (AvgIpc) is 3.00. The minimum absolute atomic E-state index is 0.419. The molecular weight excluding hydrogens is 408 g/mol. The van der Waals surface area contributed by atoms with E-state index < -0.39 is 6.23 Å². The molecule has 3 aromatic carbocycles. The second-order valence-corrected chi connectivity index (χ2v) is 7.76. The number of ether oxygens (including phenoxy) is 2. The maximum absolute atomic E-state index is 6.26. The molecule has 0 saturated heterocycles. The van der Waals surface area contributed by atoms with E-state index in [1.54, 1.807) is 0 Å². The number of hydrogen-bond donors (Lipinski definition) is 1. The van der Waals surface area contributed by atoms with Gasteiger partial charge < -0.3 is 14.8 Å². The molecule has 6 nitrogen and oxygen atoms in total. The Morgan fingerprint density at radius 3 is 2.52 bits per heavy atom. The van der Waals surface area contributed by atoms with Crippen LogP contribution in [0.2, 0.25) is 0 Å². The lowest BCUT2D eigenvalue weighted by Crippen LogP contribution is -2.17. The van der Waals surface area contributed by atoms with Crippen LogP contribution in [0.15, 0.2) is 84.0 Å². The summed E-state index contributed by atoms with van der Waals surface area (Å²) in [6.45, 7) is 0.527. The highest BCUT2D eigenvalue weighted by Gasteiger charge is 2.25. The zero-order chi connectivity index (χ0) is 21.0. The maximum Gasteiger partial charge on any atom is 0.247 e. The van der Waals surface area contributed by atoms with Crippen LogP contribution in [0, 0.1) is 0 Å². The first-order valence-corrected chi connectivity index (χ1v) is 11.1. The Kier molecular flexibility index (Phi) is 5.41. The number of rotatable bonds is 5. The third-order valence-electron chi connectivity index (χ3n) is 4.95. The van der Waals surface area contributed by atoms with Crippen molar-refractivity contribution in [1.82, 2.24) is 15.2 Å². The van der Waals surface area contributed by atoms with E-state index in [1.165, 1.54) is 11.8 Å². The minimum Gasteiger partial charge on any atom is -0.489 e. The van der Waals surface area contributed by atoms with Crippen LogP contribution in [0.3, 0.4) is 0 Å². The Labute approximate surface area is 184 Å². The number of para-hydroxylation sites is 1. The zero-order valence-corrected chi connectivity index (χ0v) is 17.7. The molecule has 1 N–H and O–H groups in total. The summed E-state index contributed by atoms with van der Waals surface area (Å²) in [6, 6.07) is 25.9. The lowest BCUT2D eigenvalue weighted by molar-refractivity contribution is 0.225. The zero-order valence-electron chi connectivity index (χ0n) is 16.9. The highest BCUT2D eigenvalue weighted by Crippen LogP contribution is 2.39. The van der Waals surface area contributed by atoms with Gasteiger partial charge in [-0.25, -0.2) is 0 Å². The van der Waals surface area contributed by atoms with Gasteiger partial charge in [-0.3, -0.25) is 0 Å². The third kappa shape index (κ3) is 4.18. The molecule has 5 rings (SSSR count). The van der Waals surface area contributed by atoms with Crippen molar-refractivity contribution in [3.63, 3.8) is 0 Å². The van der Waals surface area contributed by atoms with E-state index >= 15 is 0 Å². The summed E-state index contributed by atoms with van der Waals surface area (Å²) in [4.78, 5) is 4.55. The van der Waals surface area contributed by atoms with E-state index in [1.807, 2.05) is 85.1 Å². The summed E-state index contributed by atoms with van der Waals surface area (Å²) < 4.78 is 12.2. The smallest absolute Gasteiger partial charge is 0.247 e. The molecule has 1 aliphatic heterocycles. The van der Waals surface area contributed by atoms with Gasteiger partial charge in [0.25, 0.3) is 0 Å². The largest absolute Gasteiger partial charge is 0.489 e. The maximum atomic E-state index is 6.26. The number of hydrogen-bond acceptors (Lipinski definition) is 7. The number of benzene rings is 3. The first-order valence-electron chi connectivity index (χ1n) is 9.88. The number of thioether (sulfide) groups is 1. The summed E-state index contributed by atoms with van der Waals surface area (Å²) in [5, 5.41) is 12.6. The van der Waals surface area contributed by atoms with Crippen LogP contribution >= 0.6 is 11.8 Å². The molecule has 4 aromatic rings. The van der Waals surface area contributed by atoms with E-state index in [9.17, 15) is 0 Å². The summed E-state index contributed by atoms with van der Waals surface area (Å²) >= 11 is 1.43.